The average Bonchev–Trinajstić information content (AvgIpc) is 3.21. The van der Waals surface area contributed by atoms with Crippen molar-refractivity contribution in [3.8, 4) is 0 Å². The molecule has 2 amide bonds. The molecule has 2 aromatic rings. The van der Waals surface area contributed by atoms with E-state index in [4.69, 9.17) is 10.5 Å². The van der Waals surface area contributed by atoms with Crippen molar-refractivity contribution in [2.24, 2.45) is 5.92 Å². The van der Waals surface area contributed by atoms with Crippen LogP contribution in [-0.2, 0) is 16.1 Å². The highest BCUT2D eigenvalue weighted by Crippen LogP contribution is 2.24. The Labute approximate surface area is 191 Å². The van der Waals surface area contributed by atoms with Gasteiger partial charge in [-0.15, -0.1) is 0 Å². The van der Waals surface area contributed by atoms with E-state index in [0.717, 1.165) is 12.1 Å². The molecule has 10 heteroatoms. The summed E-state index contributed by atoms with van der Waals surface area (Å²) in [5, 5.41) is 0. The minimum atomic E-state index is -0.720. The van der Waals surface area contributed by atoms with Gasteiger partial charge in [0.25, 0.3) is 11.5 Å². The van der Waals surface area contributed by atoms with Crippen molar-refractivity contribution in [1.29, 1.82) is 0 Å². The topological polar surface area (TPSA) is 131 Å². The van der Waals surface area contributed by atoms with E-state index in [9.17, 15) is 19.2 Å². The third-order valence-corrected chi connectivity index (χ3v) is 5.51. The van der Waals surface area contributed by atoms with E-state index < -0.39 is 17.2 Å². The zero-order valence-corrected chi connectivity index (χ0v) is 19.3. The van der Waals surface area contributed by atoms with Crippen molar-refractivity contribution in [1.82, 2.24) is 9.55 Å². The maximum atomic E-state index is 13.5. The third-order valence-electron chi connectivity index (χ3n) is 5.51. The maximum Gasteiger partial charge on any atom is 0.330 e. The molecule has 0 atom stereocenters. The number of nitrogen functional groups attached to an aromatic ring is 1. The molecule has 0 spiro atoms. The number of anilines is 3. The van der Waals surface area contributed by atoms with Crippen LogP contribution in [0.3, 0.4) is 0 Å². The summed E-state index contributed by atoms with van der Waals surface area (Å²) in [5.41, 5.74) is 5.92. The Bertz CT molecular complexity index is 1120. The number of aromatic nitrogens is 2. The van der Waals surface area contributed by atoms with Crippen LogP contribution < -0.4 is 26.8 Å². The van der Waals surface area contributed by atoms with Crippen LogP contribution in [0.25, 0.3) is 0 Å². The Kier molecular flexibility index (Phi) is 7.70. The molecule has 10 nitrogen and oxygen atoms in total. The van der Waals surface area contributed by atoms with Crippen LogP contribution in [0.1, 0.15) is 43.5 Å². The van der Waals surface area contributed by atoms with Crippen LogP contribution >= 0.6 is 0 Å². The van der Waals surface area contributed by atoms with Gasteiger partial charge in [-0.25, -0.2) is 4.79 Å². The van der Waals surface area contributed by atoms with Crippen LogP contribution in [0.5, 0.6) is 0 Å². The molecule has 0 saturated carbocycles. The van der Waals surface area contributed by atoms with E-state index >= 15 is 0 Å². The fourth-order valence-corrected chi connectivity index (χ4v) is 3.93. The first-order chi connectivity index (χ1) is 15.7. The third kappa shape index (κ3) is 5.33. The molecule has 0 unspecified atom stereocenters. The molecule has 1 saturated heterocycles. The molecule has 3 rings (SSSR count). The second-order valence-corrected chi connectivity index (χ2v) is 8.50. The summed E-state index contributed by atoms with van der Waals surface area (Å²) in [6.45, 7) is 5.34. The molecule has 0 bridgehead atoms. The zero-order chi connectivity index (χ0) is 24.1. The van der Waals surface area contributed by atoms with E-state index in [1.165, 1.54) is 9.47 Å². The number of rotatable bonds is 9. The fraction of sp³-hybridized carbons (Fsp3) is 0.478. The molecule has 2 heterocycles. The molecule has 1 aromatic heterocycles. The number of methoxy groups -OCH3 is 1. The molecule has 178 valence electrons. The molecule has 0 aliphatic carbocycles. The van der Waals surface area contributed by atoms with Gasteiger partial charge in [0.05, 0.1) is 0 Å². The van der Waals surface area contributed by atoms with Crippen molar-refractivity contribution >= 4 is 29.0 Å². The van der Waals surface area contributed by atoms with Crippen LogP contribution in [0.2, 0.25) is 0 Å². The van der Waals surface area contributed by atoms with E-state index in [-0.39, 0.29) is 29.9 Å². The van der Waals surface area contributed by atoms with Crippen molar-refractivity contribution in [2.75, 3.05) is 42.3 Å². The fourth-order valence-electron chi connectivity index (χ4n) is 3.93. The minimum Gasteiger partial charge on any atom is -0.385 e. The van der Waals surface area contributed by atoms with E-state index in [0.29, 0.717) is 38.1 Å². The Balaban J connectivity index is 1.99. The lowest BCUT2D eigenvalue weighted by Crippen LogP contribution is -2.42. The number of nitrogens with one attached hydrogen (secondary N) is 1. The molecule has 1 aliphatic rings. The number of benzene rings is 1. The number of amides is 2. The van der Waals surface area contributed by atoms with Crippen LogP contribution in [0.15, 0.2) is 33.9 Å². The van der Waals surface area contributed by atoms with E-state index in [1.54, 1.807) is 36.3 Å². The SMILES string of the molecule is COCCCN(C(=O)c1ccc(N2CCCC2=O)cc1)c1c(N)n(CC(C)C)c(=O)[nH]c1=O. The van der Waals surface area contributed by atoms with Gasteiger partial charge in [-0.05, 0) is 43.0 Å². The smallest absolute Gasteiger partial charge is 0.330 e. The Hall–Kier alpha value is -3.40. The molecule has 3 N–H and O–H groups in total. The van der Waals surface area contributed by atoms with Crippen molar-refractivity contribution in [3.63, 3.8) is 0 Å². The van der Waals surface area contributed by atoms with Crippen LogP contribution in [0, 0.1) is 5.92 Å². The van der Waals surface area contributed by atoms with Gasteiger partial charge in [0.2, 0.25) is 5.91 Å². The average molecular weight is 458 g/mol. The first kappa shape index (κ1) is 24.2. The number of H-pyrrole nitrogens is 1. The maximum absolute atomic E-state index is 13.5. The summed E-state index contributed by atoms with van der Waals surface area (Å²) in [7, 11) is 1.55. The van der Waals surface area contributed by atoms with Crippen LogP contribution in [-0.4, -0.2) is 48.2 Å². The lowest BCUT2D eigenvalue weighted by Gasteiger charge is -2.25. The van der Waals surface area contributed by atoms with Crippen LogP contribution in [0.4, 0.5) is 17.2 Å². The predicted molar refractivity (Wildman–Crippen MR) is 127 cm³/mol. The summed E-state index contributed by atoms with van der Waals surface area (Å²) < 4.78 is 6.38. The number of hydrogen-bond acceptors (Lipinski definition) is 6. The highest BCUT2D eigenvalue weighted by atomic mass is 16.5. The second kappa shape index (κ2) is 10.5. The van der Waals surface area contributed by atoms with E-state index in [1.807, 2.05) is 13.8 Å². The Morgan fingerprint density at radius 1 is 1.21 bits per heavy atom. The summed E-state index contributed by atoms with van der Waals surface area (Å²) in [6.07, 6.45) is 1.79. The first-order valence-corrected chi connectivity index (χ1v) is 11.1. The highest BCUT2D eigenvalue weighted by molar-refractivity contribution is 6.07. The molecule has 1 aromatic carbocycles. The van der Waals surface area contributed by atoms with Gasteiger partial charge in [-0.3, -0.25) is 23.9 Å². The summed E-state index contributed by atoms with van der Waals surface area (Å²) >= 11 is 0. The molecular formula is C23H31N5O5. The summed E-state index contributed by atoms with van der Waals surface area (Å²) in [5.74, 6) is -0.330. The second-order valence-electron chi connectivity index (χ2n) is 8.50. The first-order valence-electron chi connectivity index (χ1n) is 11.1. The number of ether oxygens (including phenoxy) is 1. The van der Waals surface area contributed by atoms with Gasteiger partial charge in [-0.2, -0.15) is 0 Å². The lowest BCUT2D eigenvalue weighted by molar-refractivity contribution is -0.117. The van der Waals surface area contributed by atoms with E-state index in [2.05, 4.69) is 4.98 Å². The molecule has 0 radical (unpaired) electrons. The predicted octanol–water partition coefficient (Wildman–Crippen LogP) is 1.58. The quantitative estimate of drug-likeness (QED) is 0.550. The standard InChI is InChI=1S/C23H31N5O5/c1-15(2)14-28-20(24)19(21(30)25-23(28)32)27(12-5-13-33-3)22(31)16-7-9-17(10-8-16)26-11-4-6-18(26)29/h7-10,15H,4-6,11-14,24H2,1-3H3,(H,25,30,32). The molecule has 1 fully saturated rings. The lowest BCUT2D eigenvalue weighted by atomic mass is 10.1. The minimum absolute atomic E-state index is 0.0532. The van der Waals surface area contributed by atoms with Gasteiger partial charge >= 0.3 is 5.69 Å². The van der Waals surface area contributed by atoms with Gasteiger partial charge in [-0.1, -0.05) is 13.8 Å². The number of carbonyl (C=O) groups excluding carboxylic acids is 2. The normalized spacial score (nSPS) is 13.7. The zero-order valence-electron chi connectivity index (χ0n) is 19.3. The Morgan fingerprint density at radius 3 is 2.48 bits per heavy atom. The number of nitrogens with two attached hydrogens (primary N) is 1. The molecular weight excluding hydrogens is 426 g/mol. The van der Waals surface area contributed by atoms with Gasteiger partial charge in [0, 0.05) is 51.0 Å². The number of aromatic amines is 1. The largest absolute Gasteiger partial charge is 0.385 e. The highest BCUT2D eigenvalue weighted by Gasteiger charge is 2.26. The molecule has 1 aliphatic heterocycles. The monoisotopic (exact) mass is 457 g/mol. The van der Waals surface area contributed by atoms with Crippen molar-refractivity contribution < 1.29 is 14.3 Å². The van der Waals surface area contributed by atoms with Crippen molar-refractivity contribution in [2.45, 2.75) is 39.7 Å². The summed E-state index contributed by atoms with van der Waals surface area (Å²) in [6, 6.07) is 6.69. The Morgan fingerprint density at radius 2 is 1.91 bits per heavy atom. The van der Waals surface area contributed by atoms with Gasteiger partial charge in [0.15, 0.2) is 5.69 Å². The number of hydrogen-bond donors (Lipinski definition) is 2. The van der Waals surface area contributed by atoms with Gasteiger partial charge < -0.3 is 20.3 Å². The van der Waals surface area contributed by atoms with Crippen molar-refractivity contribution in [3.05, 3.63) is 50.7 Å². The van der Waals surface area contributed by atoms with Gasteiger partial charge in [0.1, 0.15) is 5.82 Å². The number of carbonyl (C=O) groups is 2. The molecule has 33 heavy (non-hydrogen) atoms. The number of nitrogens with zero attached hydrogens (tertiary/aromatic N) is 3. The summed E-state index contributed by atoms with van der Waals surface area (Å²) in [4.78, 5) is 55.8.